The van der Waals surface area contributed by atoms with Crippen LogP contribution in [0.25, 0.3) is 11.1 Å². The van der Waals surface area contributed by atoms with E-state index in [2.05, 4.69) is 53.3 Å². The molecule has 26 heavy (non-hydrogen) atoms. The number of aryl methyl sites for hydroxylation is 2. The van der Waals surface area contributed by atoms with E-state index in [9.17, 15) is 0 Å². The van der Waals surface area contributed by atoms with Crippen LogP contribution in [0.2, 0.25) is 0 Å². The first-order valence-corrected chi connectivity index (χ1v) is 11.2. The van der Waals surface area contributed by atoms with Gasteiger partial charge in [-0.15, -0.1) is 11.3 Å². The van der Waals surface area contributed by atoms with Crippen molar-refractivity contribution < 1.29 is 0 Å². The average Bonchev–Trinajstić information content (AvgIpc) is 3.04. The summed E-state index contributed by atoms with van der Waals surface area (Å²) in [6.07, 6.45) is 7.20. The van der Waals surface area contributed by atoms with Gasteiger partial charge in [0.2, 0.25) is 0 Å². The van der Waals surface area contributed by atoms with Crippen molar-refractivity contribution in [2.45, 2.75) is 58.5 Å². The summed E-state index contributed by atoms with van der Waals surface area (Å²) < 4.78 is 0. The van der Waals surface area contributed by atoms with Gasteiger partial charge in [0.05, 0.1) is 0 Å². The molecule has 0 N–H and O–H groups in total. The van der Waals surface area contributed by atoms with Gasteiger partial charge in [-0.2, -0.15) is 0 Å². The van der Waals surface area contributed by atoms with Crippen LogP contribution < -0.4 is 0 Å². The van der Waals surface area contributed by atoms with Crippen LogP contribution in [-0.4, -0.2) is 42.0 Å². The smallest absolute Gasteiger partial charge is 0.0249 e. The van der Waals surface area contributed by atoms with E-state index < -0.39 is 0 Å². The Morgan fingerprint density at radius 3 is 2.31 bits per heavy atom. The van der Waals surface area contributed by atoms with E-state index in [1.165, 1.54) is 85.4 Å². The molecule has 0 atom stereocenters. The number of rotatable bonds is 4. The highest BCUT2D eigenvalue weighted by atomic mass is 32.1. The topological polar surface area (TPSA) is 6.48 Å². The summed E-state index contributed by atoms with van der Waals surface area (Å²) in [7, 11) is 0. The molecule has 1 aliphatic heterocycles. The standard InChI is InChI=1S/C23H32N2S/c1-18-8-10-20(11-9-18)23-19(2)26-17-21(23)16-24-12-14-25(15-13-24)22-6-4-3-5-7-22/h8-11,17,22H,3-7,12-16H2,1-2H3. The Labute approximate surface area is 162 Å². The van der Waals surface area contributed by atoms with Gasteiger partial charge in [0.15, 0.2) is 0 Å². The molecule has 3 heteroatoms. The van der Waals surface area contributed by atoms with Crippen LogP contribution in [0.3, 0.4) is 0 Å². The number of nitrogens with zero attached hydrogens (tertiary/aromatic N) is 2. The third-order valence-electron chi connectivity index (χ3n) is 6.28. The molecule has 2 fully saturated rings. The van der Waals surface area contributed by atoms with Crippen molar-refractivity contribution in [3.05, 3.63) is 45.6 Å². The molecule has 0 radical (unpaired) electrons. The zero-order valence-electron chi connectivity index (χ0n) is 16.3. The summed E-state index contributed by atoms with van der Waals surface area (Å²) in [5.74, 6) is 0. The number of benzene rings is 1. The summed E-state index contributed by atoms with van der Waals surface area (Å²) in [5, 5.41) is 2.39. The number of thiophene rings is 1. The second kappa shape index (κ2) is 8.24. The van der Waals surface area contributed by atoms with Crippen molar-refractivity contribution in [1.82, 2.24) is 9.80 Å². The van der Waals surface area contributed by atoms with Gasteiger partial charge >= 0.3 is 0 Å². The van der Waals surface area contributed by atoms with Gasteiger partial charge in [-0.25, -0.2) is 0 Å². The van der Waals surface area contributed by atoms with E-state index in [-0.39, 0.29) is 0 Å². The summed E-state index contributed by atoms with van der Waals surface area (Å²) in [6, 6.07) is 9.92. The predicted molar refractivity (Wildman–Crippen MR) is 113 cm³/mol. The number of hydrogen-bond donors (Lipinski definition) is 0. The first kappa shape index (κ1) is 18.2. The molecule has 2 heterocycles. The molecule has 1 aromatic heterocycles. The zero-order valence-corrected chi connectivity index (χ0v) is 17.2. The first-order chi connectivity index (χ1) is 12.7. The lowest BCUT2D eigenvalue weighted by Gasteiger charge is -2.40. The lowest BCUT2D eigenvalue weighted by atomic mass is 9.94. The SMILES string of the molecule is Cc1ccc(-c2c(CN3CCN(C4CCCCC4)CC3)csc2C)cc1. The Morgan fingerprint density at radius 1 is 0.923 bits per heavy atom. The molecule has 1 saturated carbocycles. The van der Waals surface area contributed by atoms with E-state index in [4.69, 9.17) is 0 Å². The third-order valence-corrected chi connectivity index (χ3v) is 7.24. The monoisotopic (exact) mass is 368 g/mol. The molecule has 0 unspecified atom stereocenters. The van der Waals surface area contributed by atoms with Crippen molar-refractivity contribution in [1.29, 1.82) is 0 Å². The van der Waals surface area contributed by atoms with Crippen molar-refractivity contribution in [2.24, 2.45) is 0 Å². The Bertz CT molecular complexity index is 704. The molecule has 4 rings (SSSR count). The molecule has 1 saturated heterocycles. The van der Waals surface area contributed by atoms with Crippen LogP contribution in [0.1, 0.15) is 48.1 Å². The zero-order chi connectivity index (χ0) is 17.9. The lowest BCUT2D eigenvalue weighted by molar-refractivity contribution is 0.0756. The summed E-state index contributed by atoms with van der Waals surface area (Å²) in [6.45, 7) is 10.5. The van der Waals surface area contributed by atoms with Crippen LogP contribution in [0, 0.1) is 13.8 Å². The quantitative estimate of drug-likeness (QED) is 0.705. The van der Waals surface area contributed by atoms with E-state index >= 15 is 0 Å². The van der Waals surface area contributed by atoms with Gasteiger partial charge in [0.1, 0.15) is 0 Å². The second-order valence-corrected chi connectivity index (χ2v) is 9.25. The molecule has 2 aromatic rings. The summed E-state index contributed by atoms with van der Waals surface area (Å²) >= 11 is 1.90. The van der Waals surface area contributed by atoms with E-state index in [0.717, 1.165) is 12.6 Å². The lowest BCUT2D eigenvalue weighted by Crippen LogP contribution is -2.50. The molecule has 1 aliphatic carbocycles. The van der Waals surface area contributed by atoms with Crippen molar-refractivity contribution >= 4 is 11.3 Å². The van der Waals surface area contributed by atoms with Crippen molar-refractivity contribution in [3.63, 3.8) is 0 Å². The molecule has 0 bridgehead atoms. The van der Waals surface area contributed by atoms with Gasteiger partial charge in [-0.1, -0.05) is 49.1 Å². The molecular weight excluding hydrogens is 336 g/mol. The molecule has 0 amide bonds. The van der Waals surface area contributed by atoms with Crippen LogP contribution in [0.4, 0.5) is 0 Å². The maximum absolute atomic E-state index is 2.77. The average molecular weight is 369 g/mol. The fourth-order valence-corrected chi connectivity index (χ4v) is 5.58. The normalized spacial score (nSPS) is 20.5. The molecule has 0 spiro atoms. The minimum Gasteiger partial charge on any atom is -0.298 e. The molecule has 2 aliphatic rings. The van der Waals surface area contributed by atoms with Crippen LogP contribution in [0.15, 0.2) is 29.6 Å². The van der Waals surface area contributed by atoms with E-state index in [1.807, 2.05) is 11.3 Å². The predicted octanol–water partition coefficient (Wildman–Crippen LogP) is 5.48. The highest BCUT2D eigenvalue weighted by Crippen LogP contribution is 2.33. The number of hydrogen-bond acceptors (Lipinski definition) is 3. The minimum absolute atomic E-state index is 0.873. The first-order valence-electron chi connectivity index (χ1n) is 10.3. The van der Waals surface area contributed by atoms with Crippen LogP contribution in [0.5, 0.6) is 0 Å². The minimum atomic E-state index is 0.873. The van der Waals surface area contributed by atoms with Crippen molar-refractivity contribution in [2.75, 3.05) is 26.2 Å². The van der Waals surface area contributed by atoms with E-state index in [0.29, 0.717) is 0 Å². The van der Waals surface area contributed by atoms with Gasteiger partial charge < -0.3 is 0 Å². The Kier molecular flexibility index (Phi) is 5.78. The van der Waals surface area contributed by atoms with E-state index in [1.54, 1.807) is 0 Å². The summed E-state index contributed by atoms with van der Waals surface area (Å²) in [5.41, 5.74) is 5.71. The van der Waals surface area contributed by atoms with Crippen molar-refractivity contribution in [3.8, 4) is 11.1 Å². The fourth-order valence-electron chi connectivity index (χ4n) is 4.70. The molecule has 1 aromatic carbocycles. The second-order valence-electron chi connectivity index (χ2n) is 8.16. The number of piperazine rings is 1. The van der Waals surface area contributed by atoms with Gasteiger partial charge in [-0.05, 0) is 48.8 Å². The molecule has 2 nitrogen and oxygen atoms in total. The fraction of sp³-hybridized carbons (Fsp3) is 0.565. The Balaban J connectivity index is 1.40. The molecular formula is C23H32N2S. The highest BCUT2D eigenvalue weighted by molar-refractivity contribution is 7.10. The largest absolute Gasteiger partial charge is 0.298 e. The van der Waals surface area contributed by atoms with Gasteiger partial charge in [-0.3, -0.25) is 9.80 Å². The van der Waals surface area contributed by atoms with Gasteiger partial charge in [0, 0.05) is 43.6 Å². The van der Waals surface area contributed by atoms with Crippen LogP contribution in [-0.2, 0) is 6.54 Å². The highest BCUT2D eigenvalue weighted by Gasteiger charge is 2.25. The maximum Gasteiger partial charge on any atom is 0.0249 e. The Morgan fingerprint density at radius 2 is 1.62 bits per heavy atom. The molecule has 140 valence electrons. The third kappa shape index (κ3) is 4.05. The Hall–Kier alpha value is -1.16. The van der Waals surface area contributed by atoms with Crippen LogP contribution >= 0.6 is 11.3 Å². The summed E-state index contributed by atoms with van der Waals surface area (Å²) in [4.78, 5) is 6.89. The maximum atomic E-state index is 2.77. The van der Waals surface area contributed by atoms with Gasteiger partial charge in [0.25, 0.3) is 0 Å².